The van der Waals surface area contributed by atoms with Gasteiger partial charge in [-0.3, -0.25) is 0 Å². The molecule has 0 unspecified atom stereocenters. The average Bonchev–Trinajstić information content (AvgIpc) is 2.37. The Balaban J connectivity index is 2.66. The minimum absolute atomic E-state index is 0.339. The predicted octanol–water partition coefficient (Wildman–Crippen LogP) is 4.38. The lowest BCUT2D eigenvalue weighted by Crippen LogP contribution is -2.24. The van der Waals surface area contributed by atoms with Crippen LogP contribution in [0, 0.1) is 0 Å². The third kappa shape index (κ3) is 3.06. The summed E-state index contributed by atoms with van der Waals surface area (Å²) in [6.45, 7) is 6.81. The Bertz CT molecular complexity index is 522. The van der Waals surface area contributed by atoms with E-state index in [1.165, 1.54) is 0 Å². The van der Waals surface area contributed by atoms with Crippen molar-refractivity contribution >= 4 is 5.57 Å². The van der Waals surface area contributed by atoms with Crippen LogP contribution in [0.4, 0.5) is 13.2 Å². The van der Waals surface area contributed by atoms with Gasteiger partial charge in [-0.1, -0.05) is 45.0 Å². The van der Waals surface area contributed by atoms with Crippen LogP contribution in [-0.2, 0) is 11.6 Å². The zero-order valence-corrected chi connectivity index (χ0v) is 12.1. The van der Waals surface area contributed by atoms with Gasteiger partial charge in [-0.2, -0.15) is 13.2 Å². The minimum Gasteiger partial charge on any atom is -0.313 e. The molecular weight excluding hydrogens is 263 g/mol. The summed E-state index contributed by atoms with van der Waals surface area (Å²) in [5.41, 5.74) is 0.491. The highest BCUT2D eigenvalue weighted by molar-refractivity contribution is 5.71. The molecule has 1 nitrogen and oxygen atoms in total. The lowest BCUT2D eigenvalue weighted by molar-refractivity contribution is -0.138. The topological polar surface area (TPSA) is 12.0 Å². The molecule has 4 heteroatoms. The van der Waals surface area contributed by atoms with Gasteiger partial charge in [0.1, 0.15) is 0 Å². The van der Waals surface area contributed by atoms with E-state index < -0.39 is 17.2 Å². The van der Waals surface area contributed by atoms with Crippen molar-refractivity contribution in [3.63, 3.8) is 0 Å². The molecule has 0 saturated carbocycles. The highest BCUT2D eigenvalue weighted by Crippen LogP contribution is 2.42. The maximum Gasteiger partial charge on any atom is 0.417 e. The van der Waals surface area contributed by atoms with E-state index in [2.05, 4.69) is 5.32 Å². The fourth-order valence-corrected chi connectivity index (χ4v) is 2.62. The highest BCUT2D eigenvalue weighted by Gasteiger charge is 2.39. The Kier molecular flexibility index (Phi) is 3.96. The molecule has 1 aliphatic rings. The van der Waals surface area contributed by atoms with Crippen LogP contribution in [0.25, 0.3) is 5.57 Å². The molecule has 0 aromatic heterocycles. The Morgan fingerprint density at radius 3 is 2.30 bits per heavy atom. The first-order chi connectivity index (χ1) is 9.21. The molecule has 20 heavy (non-hydrogen) atoms. The molecule has 0 spiro atoms. The fourth-order valence-electron chi connectivity index (χ4n) is 2.62. The van der Waals surface area contributed by atoms with Gasteiger partial charge in [-0.05, 0) is 35.1 Å². The number of hydrogen-bond acceptors (Lipinski definition) is 1. The van der Waals surface area contributed by atoms with E-state index in [1.54, 1.807) is 18.2 Å². The molecule has 0 fully saturated rings. The molecule has 0 aliphatic carbocycles. The second kappa shape index (κ2) is 5.24. The molecule has 1 heterocycles. The van der Waals surface area contributed by atoms with Crippen molar-refractivity contribution in [2.24, 2.45) is 0 Å². The van der Waals surface area contributed by atoms with Gasteiger partial charge in [-0.15, -0.1) is 0 Å². The standard InChI is InChI=1S/C16H20F3N/c1-15(2,3)13-6-4-5-12(14(13)16(17,18)19)11-7-9-20-10-8-11/h4-7,20H,8-10H2,1-3H3. The quantitative estimate of drug-likeness (QED) is 0.806. The van der Waals surface area contributed by atoms with Crippen LogP contribution in [0.5, 0.6) is 0 Å². The minimum atomic E-state index is -4.33. The van der Waals surface area contributed by atoms with Gasteiger partial charge < -0.3 is 5.32 Å². The molecule has 1 aliphatic heterocycles. The van der Waals surface area contributed by atoms with Gasteiger partial charge >= 0.3 is 6.18 Å². The van der Waals surface area contributed by atoms with E-state index in [0.29, 0.717) is 24.1 Å². The molecule has 1 aromatic rings. The second-order valence-corrected chi connectivity index (χ2v) is 6.16. The van der Waals surface area contributed by atoms with Gasteiger partial charge in [0.05, 0.1) is 5.56 Å². The second-order valence-electron chi connectivity index (χ2n) is 6.16. The van der Waals surface area contributed by atoms with Crippen molar-refractivity contribution < 1.29 is 13.2 Å². The fraction of sp³-hybridized carbons (Fsp3) is 0.500. The smallest absolute Gasteiger partial charge is 0.313 e. The van der Waals surface area contributed by atoms with Gasteiger partial charge in [-0.25, -0.2) is 0 Å². The predicted molar refractivity (Wildman–Crippen MR) is 75.6 cm³/mol. The summed E-state index contributed by atoms with van der Waals surface area (Å²) in [5.74, 6) is 0. The Labute approximate surface area is 117 Å². The molecule has 0 atom stereocenters. The largest absolute Gasteiger partial charge is 0.417 e. The number of hydrogen-bond donors (Lipinski definition) is 1. The molecule has 2 rings (SSSR count). The van der Waals surface area contributed by atoms with Crippen LogP contribution in [0.15, 0.2) is 24.3 Å². The van der Waals surface area contributed by atoms with E-state index in [4.69, 9.17) is 0 Å². The maximum atomic E-state index is 13.6. The van der Waals surface area contributed by atoms with Crippen LogP contribution in [0.3, 0.4) is 0 Å². The summed E-state index contributed by atoms with van der Waals surface area (Å²) in [6.07, 6.45) is -1.83. The van der Waals surface area contributed by atoms with Crippen LogP contribution in [0.1, 0.15) is 43.9 Å². The normalized spacial score (nSPS) is 17.0. The molecule has 110 valence electrons. The van der Waals surface area contributed by atoms with Crippen LogP contribution >= 0.6 is 0 Å². The summed E-state index contributed by atoms with van der Waals surface area (Å²) < 4.78 is 40.7. The number of rotatable bonds is 1. The lowest BCUT2D eigenvalue weighted by atomic mass is 9.80. The van der Waals surface area contributed by atoms with E-state index >= 15 is 0 Å². The molecule has 1 N–H and O–H groups in total. The van der Waals surface area contributed by atoms with E-state index in [1.807, 2.05) is 26.8 Å². The Morgan fingerprint density at radius 2 is 1.80 bits per heavy atom. The third-order valence-electron chi connectivity index (χ3n) is 3.57. The molecule has 0 radical (unpaired) electrons. The SMILES string of the molecule is CC(C)(C)c1cccc(C2=CCNCC2)c1C(F)(F)F. The van der Waals surface area contributed by atoms with Crippen LogP contribution in [0.2, 0.25) is 0 Å². The summed E-state index contributed by atoms with van der Waals surface area (Å²) in [7, 11) is 0. The van der Waals surface area contributed by atoms with Crippen molar-refractivity contribution in [3.8, 4) is 0 Å². The average molecular weight is 283 g/mol. The lowest BCUT2D eigenvalue weighted by Gasteiger charge is -2.27. The first-order valence-electron chi connectivity index (χ1n) is 6.82. The van der Waals surface area contributed by atoms with E-state index in [0.717, 1.165) is 12.1 Å². The maximum absolute atomic E-state index is 13.6. The monoisotopic (exact) mass is 283 g/mol. The number of alkyl halides is 3. The van der Waals surface area contributed by atoms with Gasteiger partial charge in [0, 0.05) is 6.54 Å². The molecule has 0 amide bonds. The van der Waals surface area contributed by atoms with Gasteiger partial charge in [0.25, 0.3) is 0 Å². The summed E-state index contributed by atoms with van der Waals surface area (Å²) >= 11 is 0. The first-order valence-corrected chi connectivity index (χ1v) is 6.82. The molecule has 0 bridgehead atoms. The van der Waals surface area contributed by atoms with Crippen molar-refractivity contribution in [2.75, 3.05) is 13.1 Å². The van der Waals surface area contributed by atoms with Crippen molar-refractivity contribution in [1.29, 1.82) is 0 Å². The van der Waals surface area contributed by atoms with Crippen molar-refractivity contribution in [1.82, 2.24) is 5.32 Å². The zero-order valence-electron chi connectivity index (χ0n) is 12.1. The van der Waals surface area contributed by atoms with Crippen LogP contribution < -0.4 is 5.32 Å². The van der Waals surface area contributed by atoms with Crippen molar-refractivity contribution in [3.05, 3.63) is 41.0 Å². The van der Waals surface area contributed by atoms with E-state index in [9.17, 15) is 13.2 Å². The summed E-state index contributed by atoms with van der Waals surface area (Å²) in [6, 6.07) is 4.91. The first kappa shape index (κ1) is 15.1. The van der Waals surface area contributed by atoms with Gasteiger partial charge in [0.2, 0.25) is 0 Å². The number of nitrogens with one attached hydrogen (secondary N) is 1. The molecule has 0 saturated heterocycles. The molecule has 1 aromatic carbocycles. The summed E-state index contributed by atoms with van der Waals surface area (Å²) in [5, 5.41) is 3.13. The zero-order chi connectivity index (χ0) is 15.0. The third-order valence-corrected chi connectivity index (χ3v) is 3.57. The summed E-state index contributed by atoms with van der Waals surface area (Å²) in [4.78, 5) is 0. The Hall–Kier alpha value is -1.29. The Morgan fingerprint density at radius 1 is 1.10 bits per heavy atom. The van der Waals surface area contributed by atoms with Crippen LogP contribution in [-0.4, -0.2) is 13.1 Å². The van der Waals surface area contributed by atoms with Gasteiger partial charge in [0.15, 0.2) is 0 Å². The number of benzene rings is 1. The van der Waals surface area contributed by atoms with E-state index in [-0.39, 0.29) is 0 Å². The highest BCUT2D eigenvalue weighted by atomic mass is 19.4. The number of halogens is 3. The molecular formula is C16H20F3N. The van der Waals surface area contributed by atoms with Crippen molar-refractivity contribution in [2.45, 2.75) is 38.8 Å².